The molecule has 0 spiro atoms. The van der Waals surface area contributed by atoms with Crippen LogP contribution in [-0.2, 0) is 32.3 Å². The number of nitrogens with two attached hydrogens (primary N) is 2. The number of amides is 2. The molecule has 260 valence electrons. The maximum absolute atomic E-state index is 14.3. The molecule has 6 N–H and O–H groups in total. The number of carbonyl (C=O) groups is 2. The molecular formula is C38H46N4O6S. The standard InChI is InChI=1S/C38H46N4O6S/c1-27(43)41-33-15-21-37(29(25-33)9-5-3-7-23-47-35-17-11-31(39)12-18-35)49(45,46)38-22-16-34(42-28(2)44)26-30(38)10-6-4-8-24-48-36-19-13-32(40)14-20-36/h11-22,25-26H,3-10,23-24,39-40H2,1-2H3,(H,41,43)(H,42,44). The average Bonchev–Trinajstić information content (AvgIpc) is 3.05. The van der Waals surface area contributed by atoms with Gasteiger partial charge in [0.1, 0.15) is 11.5 Å². The second-order valence-electron chi connectivity index (χ2n) is 12.0. The fourth-order valence-electron chi connectivity index (χ4n) is 5.45. The number of sulfone groups is 1. The minimum atomic E-state index is -3.96. The first-order valence-electron chi connectivity index (χ1n) is 16.5. The zero-order valence-electron chi connectivity index (χ0n) is 28.2. The topological polar surface area (TPSA) is 163 Å². The van der Waals surface area contributed by atoms with Crippen LogP contribution in [0.2, 0.25) is 0 Å². The second-order valence-corrected chi connectivity index (χ2v) is 13.9. The Kier molecular flexibility index (Phi) is 13.5. The normalized spacial score (nSPS) is 11.1. The van der Waals surface area contributed by atoms with E-state index in [0.717, 1.165) is 50.0 Å². The van der Waals surface area contributed by atoms with Crippen molar-refractivity contribution in [3.8, 4) is 11.5 Å². The van der Waals surface area contributed by atoms with Gasteiger partial charge in [-0.25, -0.2) is 8.42 Å². The van der Waals surface area contributed by atoms with Gasteiger partial charge in [0.05, 0.1) is 23.0 Å². The van der Waals surface area contributed by atoms with Crippen LogP contribution in [0.4, 0.5) is 22.7 Å². The molecule has 0 unspecified atom stereocenters. The number of aryl methyl sites for hydroxylation is 2. The van der Waals surface area contributed by atoms with E-state index in [4.69, 9.17) is 20.9 Å². The summed E-state index contributed by atoms with van der Waals surface area (Å²) in [5.74, 6) is 1.02. The van der Waals surface area contributed by atoms with Crippen LogP contribution < -0.4 is 31.6 Å². The number of nitrogens with one attached hydrogen (secondary N) is 2. The van der Waals surface area contributed by atoms with Gasteiger partial charge in [-0.2, -0.15) is 0 Å². The summed E-state index contributed by atoms with van der Waals surface area (Å²) in [6, 6.07) is 24.3. The van der Waals surface area contributed by atoms with E-state index in [0.29, 0.717) is 59.9 Å². The van der Waals surface area contributed by atoms with E-state index in [1.54, 1.807) is 60.7 Å². The van der Waals surface area contributed by atoms with Crippen LogP contribution in [0, 0.1) is 0 Å². The molecule has 0 bridgehead atoms. The van der Waals surface area contributed by atoms with E-state index in [-0.39, 0.29) is 21.6 Å². The third kappa shape index (κ3) is 11.6. The third-order valence-electron chi connectivity index (χ3n) is 7.82. The van der Waals surface area contributed by atoms with Crippen molar-refractivity contribution in [2.24, 2.45) is 0 Å². The summed E-state index contributed by atoms with van der Waals surface area (Å²) in [5, 5.41) is 5.54. The van der Waals surface area contributed by atoms with E-state index < -0.39 is 9.84 Å². The highest BCUT2D eigenvalue weighted by Crippen LogP contribution is 2.32. The maximum Gasteiger partial charge on any atom is 0.221 e. The Labute approximate surface area is 289 Å². The van der Waals surface area contributed by atoms with Gasteiger partial charge in [-0.1, -0.05) is 0 Å². The molecule has 4 aromatic rings. The first-order chi connectivity index (χ1) is 23.5. The lowest BCUT2D eigenvalue weighted by molar-refractivity contribution is -0.115. The van der Waals surface area contributed by atoms with Gasteiger partial charge in [-0.05, 0) is 147 Å². The molecular weight excluding hydrogens is 641 g/mol. The molecule has 0 aliphatic rings. The molecule has 11 heteroatoms. The number of benzene rings is 4. The van der Waals surface area contributed by atoms with Crippen molar-refractivity contribution in [3.05, 3.63) is 96.1 Å². The van der Waals surface area contributed by atoms with Crippen molar-refractivity contribution in [2.45, 2.75) is 75.0 Å². The van der Waals surface area contributed by atoms with Gasteiger partial charge in [-0.3, -0.25) is 9.59 Å². The number of hydrogen-bond acceptors (Lipinski definition) is 8. The smallest absolute Gasteiger partial charge is 0.221 e. The zero-order valence-corrected chi connectivity index (χ0v) is 29.0. The minimum Gasteiger partial charge on any atom is -0.494 e. The quantitative estimate of drug-likeness (QED) is 0.0632. The summed E-state index contributed by atoms with van der Waals surface area (Å²) in [7, 11) is -3.96. The number of hydrogen-bond donors (Lipinski definition) is 4. The van der Waals surface area contributed by atoms with Crippen molar-refractivity contribution in [1.29, 1.82) is 0 Å². The summed E-state index contributed by atoms with van der Waals surface area (Å²) in [6.45, 7) is 3.88. The Bertz CT molecular complexity index is 1680. The highest BCUT2D eigenvalue weighted by atomic mass is 32.2. The lowest BCUT2D eigenvalue weighted by atomic mass is 10.1. The molecule has 0 radical (unpaired) electrons. The van der Waals surface area contributed by atoms with E-state index in [1.807, 2.05) is 24.3 Å². The van der Waals surface area contributed by atoms with E-state index >= 15 is 0 Å². The Morgan fingerprint density at radius 1 is 0.571 bits per heavy atom. The van der Waals surface area contributed by atoms with Crippen molar-refractivity contribution in [3.63, 3.8) is 0 Å². The van der Waals surface area contributed by atoms with Crippen LogP contribution in [0.15, 0.2) is 94.7 Å². The Morgan fingerprint density at radius 3 is 1.33 bits per heavy atom. The summed E-state index contributed by atoms with van der Waals surface area (Å²) in [5.41, 5.74) is 15.2. The Hall–Kier alpha value is -5.03. The average molecular weight is 687 g/mol. The molecule has 4 rings (SSSR count). The molecule has 0 heterocycles. The summed E-state index contributed by atoms with van der Waals surface area (Å²) in [6.07, 6.45) is 5.66. The predicted octanol–water partition coefficient (Wildman–Crippen LogP) is 7.18. The van der Waals surface area contributed by atoms with Crippen LogP contribution in [0.3, 0.4) is 0 Å². The van der Waals surface area contributed by atoms with E-state index in [1.165, 1.54) is 13.8 Å². The van der Waals surface area contributed by atoms with Crippen molar-refractivity contribution < 1.29 is 27.5 Å². The summed E-state index contributed by atoms with van der Waals surface area (Å²) in [4.78, 5) is 24.0. The lowest BCUT2D eigenvalue weighted by Gasteiger charge is -2.17. The van der Waals surface area contributed by atoms with Crippen LogP contribution >= 0.6 is 0 Å². The van der Waals surface area contributed by atoms with Gasteiger partial charge in [-0.15, -0.1) is 0 Å². The number of anilines is 4. The number of unbranched alkanes of at least 4 members (excludes halogenated alkanes) is 4. The Morgan fingerprint density at radius 2 is 0.959 bits per heavy atom. The van der Waals surface area contributed by atoms with Crippen LogP contribution in [0.5, 0.6) is 11.5 Å². The highest BCUT2D eigenvalue weighted by molar-refractivity contribution is 7.91. The van der Waals surface area contributed by atoms with Gasteiger partial charge in [0.15, 0.2) is 0 Å². The largest absolute Gasteiger partial charge is 0.494 e. The Balaban J connectivity index is 1.47. The number of carbonyl (C=O) groups excluding carboxylic acids is 2. The third-order valence-corrected chi connectivity index (χ3v) is 9.77. The van der Waals surface area contributed by atoms with Gasteiger partial charge in [0, 0.05) is 36.6 Å². The molecule has 2 amide bonds. The zero-order chi connectivity index (χ0) is 35.2. The summed E-state index contributed by atoms with van der Waals surface area (Å²) < 4.78 is 40.3. The number of rotatable bonds is 18. The molecule has 0 saturated heterocycles. The maximum atomic E-state index is 14.3. The molecule has 0 aromatic heterocycles. The second kappa shape index (κ2) is 17.9. The molecule has 0 aliphatic carbocycles. The minimum absolute atomic E-state index is 0.199. The first kappa shape index (κ1) is 36.8. The van der Waals surface area contributed by atoms with Crippen molar-refractivity contribution >= 4 is 44.4 Å². The predicted molar refractivity (Wildman–Crippen MR) is 195 cm³/mol. The molecule has 0 atom stereocenters. The monoisotopic (exact) mass is 686 g/mol. The van der Waals surface area contributed by atoms with Gasteiger partial charge >= 0.3 is 0 Å². The fraction of sp³-hybridized carbons (Fsp3) is 0.316. The lowest BCUT2D eigenvalue weighted by Crippen LogP contribution is -2.12. The molecule has 0 aliphatic heterocycles. The first-order valence-corrected chi connectivity index (χ1v) is 18.0. The summed E-state index contributed by atoms with van der Waals surface area (Å²) >= 11 is 0. The van der Waals surface area contributed by atoms with Crippen LogP contribution in [-0.4, -0.2) is 33.4 Å². The molecule has 49 heavy (non-hydrogen) atoms. The van der Waals surface area contributed by atoms with Crippen LogP contribution in [0.25, 0.3) is 0 Å². The van der Waals surface area contributed by atoms with Crippen molar-refractivity contribution in [2.75, 3.05) is 35.3 Å². The fourth-order valence-corrected chi connectivity index (χ4v) is 7.19. The SMILES string of the molecule is CC(=O)Nc1ccc(S(=O)(=O)c2ccc(NC(C)=O)cc2CCCCCOc2ccc(N)cc2)c(CCCCCOc2ccc(N)cc2)c1. The van der Waals surface area contributed by atoms with Crippen LogP contribution in [0.1, 0.15) is 63.5 Å². The number of nitrogen functional groups attached to an aromatic ring is 2. The number of ether oxygens (including phenoxy) is 2. The van der Waals surface area contributed by atoms with E-state index in [9.17, 15) is 18.0 Å². The van der Waals surface area contributed by atoms with E-state index in [2.05, 4.69) is 10.6 Å². The molecule has 0 fully saturated rings. The molecule has 4 aromatic carbocycles. The van der Waals surface area contributed by atoms with Gasteiger partial charge < -0.3 is 31.6 Å². The van der Waals surface area contributed by atoms with Gasteiger partial charge in [0.2, 0.25) is 21.7 Å². The van der Waals surface area contributed by atoms with Gasteiger partial charge in [0.25, 0.3) is 0 Å². The molecule has 10 nitrogen and oxygen atoms in total. The molecule has 0 saturated carbocycles. The van der Waals surface area contributed by atoms with Crippen molar-refractivity contribution in [1.82, 2.24) is 0 Å². The highest BCUT2D eigenvalue weighted by Gasteiger charge is 2.25.